The lowest BCUT2D eigenvalue weighted by Crippen LogP contribution is -2.27. The molecule has 7 heteroatoms. The van der Waals surface area contributed by atoms with Gasteiger partial charge in [0, 0.05) is 41.3 Å². The predicted octanol–water partition coefficient (Wildman–Crippen LogP) is 4.53. The first-order valence-electron chi connectivity index (χ1n) is 11.4. The van der Waals surface area contributed by atoms with Crippen molar-refractivity contribution in [1.82, 2.24) is 4.90 Å². The number of carbonyl (C=O) groups is 3. The molecule has 0 bridgehead atoms. The maximum atomic E-state index is 12.4. The SMILES string of the molecule is Cc1cccc(C(=O)Nc2ccc(NC(=O)CNc3ccc(C(=O)N4CCCC4)cc3)cc2)c1. The molecule has 1 fully saturated rings. The third kappa shape index (κ3) is 6.01. The van der Waals surface area contributed by atoms with Gasteiger partial charge in [-0.25, -0.2) is 0 Å². The number of nitrogens with zero attached hydrogens (tertiary/aromatic N) is 1. The second kappa shape index (κ2) is 10.7. The number of likely N-dealkylation sites (tertiary alicyclic amines) is 1. The van der Waals surface area contributed by atoms with E-state index in [0.29, 0.717) is 22.5 Å². The Kier molecular flexibility index (Phi) is 7.22. The Morgan fingerprint density at radius 1 is 0.765 bits per heavy atom. The van der Waals surface area contributed by atoms with Gasteiger partial charge in [-0.15, -0.1) is 0 Å². The molecular formula is C27H28N4O3. The van der Waals surface area contributed by atoms with Gasteiger partial charge in [-0.3, -0.25) is 14.4 Å². The van der Waals surface area contributed by atoms with Crippen LogP contribution in [0.25, 0.3) is 0 Å². The van der Waals surface area contributed by atoms with Crippen molar-refractivity contribution in [1.29, 1.82) is 0 Å². The molecule has 1 saturated heterocycles. The van der Waals surface area contributed by atoms with Crippen molar-refractivity contribution in [3.8, 4) is 0 Å². The monoisotopic (exact) mass is 456 g/mol. The number of hydrogen-bond acceptors (Lipinski definition) is 4. The van der Waals surface area contributed by atoms with E-state index in [1.165, 1.54) is 0 Å². The van der Waals surface area contributed by atoms with Crippen molar-refractivity contribution in [2.45, 2.75) is 19.8 Å². The summed E-state index contributed by atoms with van der Waals surface area (Å²) >= 11 is 0. The van der Waals surface area contributed by atoms with E-state index in [9.17, 15) is 14.4 Å². The summed E-state index contributed by atoms with van der Waals surface area (Å²) in [5.41, 5.74) is 4.31. The number of benzene rings is 3. The summed E-state index contributed by atoms with van der Waals surface area (Å²) in [7, 11) is 0. The molecular weight excluding hydrogens is 428 g/mol. The van der Waals surface area contributed by atoms with Gasteiger partial charge < -0.3 is 20.9 Å². The first-order valence-corrected chi connectivity index (χ1v) is 11.4. The summed E-state index contributed by atoms with van der Waals surface area (Å²) < 4.78 is 0. The highest BCUT2D eigenvalue weighted by molar-refractivity contribution is 6.04. The number of amides is 3. The highest BCUT2D eigenvalue weighted by atomic mass is 16.2. The lowest BCUT2D eigenvalue weighted by Gasteiger charge is -2.15. The van der Waals surface area contributed by atoms with Gasteiger partial charge >= 0.3 is 0 Å². The van der Waals surface area contributed by atoms with Crippen LogP contribution >= 0.6 is 0 Å². The van der Waals surface area contributed by atoms with Crippen LogP contribution in [0.3, 0.4) is 0 Å². The zero-order valence-electron chi connectivity index (χ0n) is 19.1. The summed E-state index contributed by atoms with van der Waals surface area (Å²) in [6.07, 6.45) is 2.12. The van der Waals surface area contributed by atoms with E-state index in [4.69, 9.17) is 0 Å². The number of anilines is 3. The van der Waals surface area contributed by atoms with Gasteiger partial charge in [0.25, 0.3) is 11.8 Å². The molecule has 3 amide bonds. The molecule has 0 aliphatic carbocycles. The van der Waals surface area contributed by atoms with Gasteiger partial charge in [0.15, 0.2) is 0 Å². The number of hydrogen-bond donors (Lipinski definition) is 3. The average Bonchev–Trinajstić information content (AvgIpc) is 3.39. The second-order valence-electron chi connectivity index (χ2n) is 8.38. The van der Waals surface area contributed by atoms with Crippen molar-refractivity contribution in [3.63, 3.8) is 0 Å². The van der Waals surface area contributed by atoms with Gasteiger partial charge in [-0.1, -0.05) is 17.7 Å². The fourth-order valence-electron chi connectivity index (χ4n) is 3.85. The van der Waals surface area contributed by atoms with Crippen LogP contribution in [0.15, 0.2) is 72.8 Å². The van der Waals surface area contributed by atoms with Crippen LogP contribution in [0.5, 0.6) is 0 Å². The molecule has 0 radical (unpaired) electrons. The van der Waals surface area contributed by atoms with E-state index in [1.54, 1.807) is 42.5 Å². The molecule has 3 aromatic rings. The Bertz CT molecular complexity index is 1170. The van der Waals surface area contributed by atoms with Gasteiger partial charge in [-0.05, 0) is 80.4 Å². The second-order valence-corrected chi connectivity index (χ2v) is 8.38. The topological polar surface area (TPSA) is 90.5 Å². The van der Waals surface area contributed by atoms with Crippen molar-refractivity contribution in [2.75, 3.05) is 35.6 Å². The Hall–Kier alpha value is -4.13. The fourth-order valence-corrected chi connectivity index (χ4v) is 3.85. The standard InChI is InChI=1S/C27H28N4O3/c1-19-5-4-6-21(17-19)26(33)30-24-13-11-23(12-14-24)29-25(32)18-28-22-9-7-20(8-10-22)27(34)31-15-2-3-16-31/h4-14,17,28H,2-3,15-16,18H2,1H3,(H,29,32)(H,30,33). The molecule has 1 aliphatic rings. The van der Waals surface area contributed by atoms with Gasteiger partial charge in [0.05, 0.1) is 6.54 Å². The van der Waals surface area contributed by atoms with Crippen LogP contribution in [-0.4, -0.2) is 42.3 Å². The number of carbonyl (C=O) groups excluding carboxylic acids is 3. The number of nitrogens with one attached hydrogen (secondary N) is 3. The molecule has 3 aromatic carbocycles. The minimum Gasteiger partial charge on any atom is -0.376 e. The quantitative estimate of drug-likeness (QED) is 0.487. The van der Waals surface area contributed by atoms with Crippen molar-refractivity contribution >= 4 is 34.8 Å². The Labute approximate surface area is 199 Å². The summed E-state index contributed by atoms with van der Waals surface area (Å²) in [6, 6.07) is 21.5. The number of rotatable bonds is 7. The third-order valence-corrected chi connectivity index (χ3v) is 5.68. The molecule has 0 spiro atoms. The molecule has 7 nitrogen and oxygen atoms in total. The van der Waals surface area contributed by atoms with Crippen LogP contribution in [0.2, 0.25) is 0 Å². The Balaban J connectivity index is 1.24. The molecule has 0 aromatic heterocycles. The molecule has 1 heterocycles. The molecule has 1 aliphatic heterocycles. The first kappa shape index (κ1) is 23.0. The van der Waals surface area contributed by atoms with E-state index in [0.717, 1.165) is 37.2 Å². The summed E-state index contributed by atoms with van der Waals surface area (Å²) in [5, 5.41) is 8.74. The van der Waals surface area contributed by atoms with Gasteiger partial charge in [0.2, 0.25) is 5.91 Å². The molecule has 4 rings (SSSR count). The van der Waals surface area contributed by atoms with Crippen LogP contribution in [0, 0.1) is 6.92 Å². The molecule has 34 heavy (non-hydrogen) atoms. The molecule has 0 saturated carbocycles. The van der Waals surface area contributed by atoms with Crippen LogP contribution in [0.1, 0.15) is 39.1 Å². The summed E-state index contributed by atoms with van der Waals surface area (Å²) in [4.78, 5) is 39.0. The van der Waals surface area contributed by atoms with Gasteiger partial charge in [-0.2, -0.15) is 0 Å². The molecule has 0 atom stereocenters. The highest BCUT2D eigenvalue weighted by Gasteiger charge is 2.19. The largest absolute Gasteiger partial charge is 0.376 e. The lowest BCUT2D eigenvalue weighted by atomic mass is 10.1. The predicted molar refractivity (Wildman–Crippen MR) is 134 cm³/mol. The smallest absolute Gasteiger partial charge is 0.255 e. The van der Waals surface area contributed by atoms with Crippen molar-refractivity contribution < 1.29 is 14.4 Å². The van der Waals surface area contributed by atoms with E-state index < -0.39 is 0 Å². The fraction of sp³-hybridized carbons (Fsp3) is 0.222. The van der Waals surface area contributed by atoms with Crippen LogP contribution in [-0.2, 0) is 4.79 Å². The first-order chi connectivity index (χ1) is 16.5. The molecule has 0 unspecified atom stereocenters. The minimum atomic E-state index is -0.200. The zero-order valence-corrected chi connectivity index (χ0v) is 19.1. The summed E-state index contributed by atoms with van der Waals surface area (Å²) in [5.74, 6) is -0.327. The zero-order chi connectivity index (χ0) is 23.9. The van der Waals surface area contributed by atoms with Crippen molar-refractivity contribution in [2.24, 2.45) is 0 Å². The molecule has 3 N–H and O–H groups in total. The highest BCUT2D eigenvalue weighted by Crippen LogP contribution is 2.17. The Morgan fingerprint density at radius 3 is 2.03 bits per heavy atom. The summed E-state index contributed by atoms with van der Waals surface area (Å²) in [6.45, 7) is 3.66. The van der Waals surface area contributed by atoms with E-state index in [1.807, 2.05) is 42.2 Å². The Morgan fingerprint density at radius 2 is 1.38 bits per heavy atom. The third-order valence-electron chi connectivity index (χ3n) is 5.68. The maximum Gasteiger partial charge on any atom is 0.255 e. The van der Waals surface area contributed by atoms with Crippen molar-refractivity contribution in [3.05, 3.63) is 89.5 Å². The number of aryl methyl sites for hydroxylation is 1. The van der Waals surface area contributed by atoms with E-state index in [-0.39, 0.29) is 24.3 Å². The van der Waals surface area contributed by atoms with E-state index in [2.05, 4.69) is 16.0 Å². The van der Waals surface area contributed by atoms with E-state index >= 15 is 0 Å². The van der Waals surface area contributed by atoms with Gasteiger partial charge in [0.1, 0.15) is 0 Å². The minimum absolute atomic E-state index is 0.0558. The van der Waals surface area contributed by atoms with Crippen LogP contribution < -0.4 is 16.0 Å². The maximum absolute atomic E-state index is 12.4. The molecule has 174 valence electrons. The normalized spacial score (nSPS) is 12.8. The van der Waals surface area contributed by atoms with Crippen LogP contribution in [0.4, 0.5) is 17.1 Å². The lowest BCUT2D eigenvalue weighted by molar-refractivity contribution is -0.114. The average molecular weight is 457 g/mol.